The van der Waals surface area contributed by atoms with Gasteiger partial charge in [0.05, 0.1) is 0 Å². The van der Waals surface area contributed by atoms with Crippen LogP contribution in [0.1, 0.15) is 0 Å². The van der Waals surface area contributed by atoms with Crippen molar-refractivity contribution in [2.24, 2.45) is 0 Å². The Balaban J connectivity index is 0. The van der Waals surface area contributed by atoms with E-state index in [0.29, 0.717) is 0 Å². The summed E-state index contributed by atoms with van der Waals surface area (Å²) in [7, 11) is 0. The van der Waals surface area contributed by atoms with E-state index in [1.54, 1.807) is 0 Å². The molecule has 38 valence electrons. The monoisotopic (exact) mass is 104 g/mol. The number of halogens is 1. The minimum Gasteiger partial charge on any atom is -0.269 e. The quantitative estimate of drug-likeness (QED) is 0.282. The molecule has 0 heterocycles. The fourth-order valence-electron chi connectivity index (χ4n) is 0.342. The van der Waals surface area contributed by atoms with Crippen LogP contribution in [0.15, 0.2) is 30.3 Å². The predicted molar refractivity (Wildman–Crippen MR) is 27.8 cm³/mol. The minimum atomic E-state index is 0. The van der Waals surface area contributed by atoms with E-state index in [1.165, 1.54) is 0 Å². The van der Waals surface area contributed by atoms with E-state index in [-0.39, 0.29) is 23.6 Å². The van der Waals surface area contributed by atoms with Gasteiger partial charge in [-0.05, 0) is 0 Å². The third-order valence-corrected chi connectivity index (χ3v) is 0.607. The first-order valence-electron chi connectivity index (χ1n) is 1.91. The van der Waals surface area contributed by atoms with Crippen molar-refractivity contribution < 1.29 is 23.6 Å². The topological polar surface area (TPSA) is 0 Å². The molecule has 2 heteroatoms. The van der Waals surface area contributed by atoms with Gasteiger partial charge in [-0.15, -0.1) is 0 Å². The van der Waals surface area contributed by atoms with Gasteiger partial charge in [-0.2, -0.15) is 36.4 Å². The Morgan fingerprint density at radius 2 is 1.38 bits per heavy atom. The molecule has 0 nitrogen and oxygen atoms in total. The van der Waals surface area contributed by atoms with Gasteiger partial charge in [0.15, 0.2) is 0 Å². The van der Waals surface area contributed by atoms with Crippen molar-refractivity contribution in [1.29, 1.82) is 0 Å². The van der Waals surface area contributed by atoms with Crippen molar-refractivity contribution in [1.82, 2.24) is 0 Å². The molecule has 0 N–H and O–H groups in total. The summed E-state index contributed by atoms with van der Waals surface area (Å²) in [5, 5.41) is 0. The van der Waals surface area contributed by atoms with E-state index < -0.39 is 0 Å². The Hall–Kier alpha value is -0.253. The van der Waals surface area contributed by atoms with Crippen LogP contribution in [-0.2, 0) is 0 Å². The third kappa shape index (κ3) is 3.92. The van der Waals surface area contributed by atoms with Crippen LogP contribution in [-0.4, -0.2) is 0 Å². The molecule has 0 saturated carbocycles. The van der Waals surface area contributed by atoms with E-state index in [0.717, 1.165) is 0 Å². The second-order valence-corrected chi connectivity index (χ2v) is 1.08. The van der Waals surface area contributed by atoms with E-state index in [2.05, 4.69) is 6.07 Å². The van der Waals surface area contributed by atoms with Crippen molar-refractivity contribution in [3.63, 3.8) is 0 Å². The van der Waals surface area contributed by atoms with Gasteiger partial charge in [-0.3, -0.25) is 4.70 Å². The standard InChI is InChI=1S/C6H5.FH.Li/c1-2-4-6-5-3-1;;/h1-5H;1H;/q-1;;+1. The summed E-state index contributed by atoms with van der Waals surface area (Å²) >= 11 is 0. The zero-order valence-electron chi connectivity index (χ0n) is 4.79. The first-order chi connectivity index (χ1) is 3.00. The van der Waals surface area contributed by atoms with E-state index in [1.807, 2.05) is 30.3 Å². The second kappa shape index (κ2) is 6.75. The fourth-order valence-corrected chi connectivity index (χ4v) is 0.342. The summed E-state index contributed by atoms with van der Waals surface area (Å²) in [5.74, 6) is 0. The second-order valence-electron chi connectivity index (χ2n) is 1.08. The number of benzene rings is 1. The molecule has 0 bridgehead atoms. The Bertz CT molecular complexity index is 80.5. The number of rotatable bonds is 0. The van der Waals surface area contributed by atoms with Crippen LogP contribution in [0.4, 0.5) is 4.70 Å². The van der Waals surface area contributed by atoms with Crippen LogP contribution in [0.25, 0.3) is 0 Å². The molecular weight excluding hydrogens is 98.0 g/mol. The average molecular weight is 104 g/mol. The fraction of sp³-hybridized carbons (Fsp3) is 0. The number of hydrogen-bond acceptors (Lipinski definition) is 0. The van der Waals surface area contributed by atoms with Crippen molar-refractivity contribution in [2.45, 2.75) is 0 Å². The Morgan fingerprint density at radius 3 is 1.50 bits per heavy atom. The molecule has 0 aliphatic carbocycles. The number of hydrogen-bond donors (Lipinski definition) is 0. The van der Waals surface area contributed by atoms with Crippen molar-refractivity contribution in [3.05, 3.63) is 36.4 Å². The summed E-state index contributed by atoms with van der Waals surface area (Å²) in [6.45, 7) is 0. The summed E-state index contributed by atoms with van der Waals surface area (Å²) in [4.78, 5) is 0. The van der Waals surface area contributed by atoms with Gasteiger partial charge in [-0.25, -0.2) is 0 Å². The van der Waals surface area contributed by atoms with Crippen LogP contribution in [0.3, 0.4) is 0 Å². The van der Waals surface area contributed by atoms with Crippen LogP contribution < -0.4 is 18.9 Å². The van der Waals surface area contributed by atoms with E-state index in [4.69, 9.17) is 0 Å². The molecule has 0 atom stereocenters. The molecule has 1 aromatic rings. The maximum absolute atomic E-state index is 2.89. The summed E-state index contributed by atoms with van der Waals surface area (Å²) in [6.07, 6.45) is 0. The predicted octanol–water partition coefficient (Wildman–Crippen LogP) is -1.36. The molecular formula is C6H6FLi. The van der Waals surface area contributed by atoms with Crippen LogP contribution >= 0.6 is 0 Å². The normalized spacial score (nSPS) is 6.00. The van der Waals surface area contributed by atoms with Crippen LogP contribution in [0, 0.1) is 6.07 Å². The zero-order valence-corrected chi connectivity index (χ0v) is 4.79. The molecule has 0 unspecified atom stereocenters. The summed E-state index contributed by atoms with van der Waals surface area (Å²) < 4.78 is 0. The molecule has 0 fully saturated rings. The maximum atomic E-state index is 2.89. The van der Waals surface area contributed by atoms with E-state index >= 15 is 0 Å². The first-order valence-corrected chi connectivity index (χ1v) is 1.91. The molecule has 1 rings (SSSR count). The summed E-state index contributed by atoms with van der Waals surface area (Å²) in [6, 6.07) is 12.5. The molecule has 0 aliphatic rings. The van der Waals surface area contributed by atoms with Gasteiger partial charge < -0.3 is 0 Å². The SMILES string of the molecule is F.[Li+].[c-]1ccccc1. The van der Waals surface area contributed by atoms with Crippen molar-refractivity contribution in [3.8, 4) is 0 Å². The molecule has 1 aromatic carbocycles. The summed E-state index contributed by atoms with van der Waals surface area (Å²) in [5.41, 5.74) is 0. The molecule has 0 aliphatic heterocycles. The molecule has 0 radical (unpaired) electrons. The van der Waals surface area contributed by atoms with Gasteiger partial charge >= 0.3 is 18.9 Å². The Labute approximate surface area is 60.5 Å². The van der Waals surface area contributed by atoms with Gasteiger partial charge in [0.25, 0.3) is 0 Å². The third-order valence-electron chi connectivity index (χ3n) is 0.607. The molecule has 0 amide bonds. The Kier molecular flexibility index (Phi) is 9.01. The minimum absolute atomic E-state index is 0. The molecule has 0 spiro atoms. The van der Waals surface area contributed by atoms with Crippen molar-refractivity contribution in [2.75, 3.05) is 0 Å². The Morgan fingerprint density at radius 1 is 0.875 bits per heavy atom. The maximum Gasteiger partial charge on any atom is 1.00 e. The van der Waals surface area contributed by atoms with Crippen LogP contribution in [0.2, 0.25) is 0 Å². The van der Waals surface area contributed by atoms with Gasteiger partial charge in [-0.1, -0.05) is 0 Å². The smallest absolute Gasteiger partial charge is 0.269 e. The van der Waals surface area contributed by atoms with E-state index in [9.17, 15) is 0 Å². The van der Waals surface area contributed by atoms with Gasteiger partial charge in [0.2, 0.25) is 0 Å². The van der Waals surface area contributed by atoms with Gasteiger partial charge in [0, 0.05) is 0 Å². The molecule has 8 heavy (non-hydrogen) atoms. The van der Waals surface area contributed by atoms with Gasteiger partial charge in [0.1, 0.15) is 0 Å². The van der Waals surface area contributed by atoms with Crippen LogP contribution in [0.5, 0.6) is 0 Å². The average Bonchev–Trinajstić information content (AvgIpc) is 1.72. The molecule has 0 aromatic heterocycles. The zero-order chi connectivity index (χ0) is 4.24. The largest absolute Gasteiger partial charge is 1.00 e. The first kappa shape index (κ1) is 10.7. The van der Waals surface area contributed by atoms with Crippen molar-refractivity contribution >= 4 is 0 Å². The molecule has 0 saturated heterocycles.